The first-order valence-electron chi connectivity index (χ1n) is 40.8. The van der Waals surface area contributed by atoms with Crippen LogP contribution in [0.1, 0.15) is 134 Å². The number of carboxylic acid groups (broad SMARTS) is 1. The highest BCUT2D eigenvalue weighted by Crippen LogP contribution is 2.33. The van der Waals surface area contributed by atoms with Crippen LogP contribution in [-0.4, -0.2) is 213 Å². The number of likely N-dealkylation sites (N-methyl/N-ethyl adjacent to an activating group) is 1. The second-order valence-electron chi connectivity index (χ2n) is 33.7. The lowest BCUT2D eigenvalue weighted by atomic mass is 9.85. The van der Waals surface area contributed by atoms with Gasteiger partial charge in [0.1, 0.15) is 88.2 Å². The fourth-order valence-corrected chi connectivity index (χ4v) is 13.4. The van der Waals surface area contributed by atoms with E-state index in [0.717, 1.165) is 16.0 Å². The molecular formula is C91H105F7N16O12. The normalized spacial score (nSPS) is 16.1. The van der Waals surface area contributed by atoms with Gasteiger partial charge in [0.15, 0.2) is 17.1 Å². The number of benzene rings is 7. The molecule has 0 saturated carbocycles. The number of carbonyl (C=O) groups is 8. The molecule has 126 heavy (non-hydrogen) atoms. The zero-order chi connectivity index (χ0) is 92.1. The summed E-state index contributed by atoms with van der Waals surface area (Å²) in [5, 5.41) is 41.8. The van der Waals surface area contributed by atoms with Crippen molar-refractivity contribution >= 4 is 65.1 Å². The quantitative estimate of drug-likeness (QED) is 0.0159. The highest BCUT2D eigenvalue weighted by Gasteiger charge is 2.47. The molecule has 0 spiro atoms. The Morgan fingerprint density at radius 2 is 0.881 bits per heavy atom. The predicted molar refractivity (Wildman–Crippen MR) is 456 cm³/mol. The van der Waals surface area contributed by atoms with Gasteiger partial charge < -0.3 is 55.0 Å². The number of amides is 7. The molecule has 0 bridgehead atoms. The molecule has 35 heteroatoms. The smallest absolute Gasteiger partial charge is 0.410 e. The lowest BCUT2D eigenvalue weighted by Crippen LogP contribution is -2.60. The Labute approximate surface area is 725 Å². The number of halogens is 7. The van der Waals surface area contributed by atoms with Gasteiger partial charge in [0.05, 0.1) is 60.8 Å². The van der Waals surface area contributed by atoms with Crippen LogP contribution in [0, 0.1) is 62.9 Å². The maximum atomic E-state index is 14.8. The third kappa shape index (κ3) is 27.8. The second-order valence-corrected chi connectivity index (χ2v) is 33.7. The Morgan fingerprint density at radius 1 is 0.532 bits per heavy atom. The van der Waals surface area contributed by atoms with Crippen LogP contribution in [0.15, 0.2) is 187 Å². The van der Waals surface area contributed by atoms with Crippen LogP contribution in [-0.2, 0) is 41.6 Å². The van der Waals surface area contributed by atoms with Gasteiger partial charge in [0.25, 0.3) is 11.8 Å². The van der Waals surface area contributed by atoms with Crippen LogP contribution in [0.3, 0.4) is 0 Å². The molecular weight excluding hydrogens is 1640 g/mol. The summed E-state index contributed by atoms with van der Waals surface area (Å²) >= 11 is 0. The zero-order valence-electron chi connectivity index (χ0n) is 72.2. The average molecular weight is 1750 g/mol. The van der Waals surface area contributed by atoms with Gasteiger partial charge in [-0.25, -0.2) is 40.3 Å². The number of aliphatic carboxylic acids is 1. The van der Waals surface area contributed by atoms with Crippen LogP contribution < -0.4 is 25.5 Å². The summed E-state index contributed by atoms with van der Waals surface area (Å²) in [4.78, 5) is 118. The van der Waals surface area contributed by atoms with E-state index in [9.17, 15) is 69.1 Å². The highest BCUT2D eigenvalue weighted by molar-refractivity contribution is 6.58. The minimum Gasteiger partial charge on any atom is -0.489 e. The summed E-state index contributed by atoms with van der Waals surface area (Å²) in [5.74, 6) is -6.23. The van der Waals surface area contributed by atoms with Gasteiger partial charge in [-0.3, -0.25) is 39.1 Å². The molecule has 8 atom stereocenters. The van der Waals surface area contributed by atoms with Crippen LogP contribution in [0.5, 0.6) is 11.5 Å². The fraction of sp³-hybridized carbons (Fsp3) is 0.385. The third-order valence-electron chi connectivity index (χ3n) is 20.7. The number of anilines is 1. The van der Waals surface area contributed by atoms with Gasteiger partial charge in [-0.2, -0.15) is 24.9 Å². The minimum absolute atomic E-state index is 0.00104. The molecule has 4 heterocycles. The van der Waals surface area contributed by atoms with E-state index in [1.165, 1.54) is 186 Å². The Kier molecular flexibility index (Phi) is 33.1. The van der Waals surface area contributed by atoms with Gasteiger partial charge in [-0.1, -0.05) is 79.7 Å². The Bertz CT molecular complexity index is 5220. The van der Waals surface area contributed by atoms with Crippen LogP contribution >= 0.6 is 0 Å². The summed E-state index contributed by atoms with van der Waals surface area (Å²) in [7, 11) is 1.44. The first-order chi connectivity index (χ1) is 59.5. The number of hydrogen-bond acceptors (Lipinski definition) is 18. The van der Waals surface area contributed by atoms with E-state index in [1.54, 1.807) is 80.5 Å². The van der Waals surface area contributed by atoms with Crippen LogP contribution in [0.4, 0.5) is 41.2 Å². The molecule has 7 aromatic carbocycles. The maximum Gasteiger partial charge on any atom is 0.410 e. The number of nitrogens with one attached hydrogen (secondary N) is 4. The maximum absolute atomic E-state index is 14.8. The first-order valence-corrected chi connectivity index (χ1v) is 40.8. The van der Waals surface area contributed by atoms with Crippen molar-refractivity contribution in [2.75, 3.05) is 51.7 Å². The van der Waals surface area contributed by atoms with Crippen molar-refractivity contribution in [3.63, 3.8) is 0 Å². The summed E-state index contributed by atoms with van der Waals surface area (Å²) in [6, 6.07) is 35.0. The standard InChI is InChI=1S/C43H52F3N7O6.C39H45F3N6O4.C9H8FN3O2/c1-27(50(8)41(57)59-43(5,6)7)38(54)48-37(42(2,3)4)40(56)52-26-35(58-34-19-15-31(46)16-20-34)23-33(52)25-51(22-21-28-9-11-29(44)12-10-28)39(55)36-24-47-53(49-36)32-17-13-30(45)14-18-32;1-6-25(2)36(49)44-35(39(3,4)5)38(51)47-24-33(52-32-17-13-29(42)14-18-32)21-31(47)23-46(20-19-26-7-9-27(40)10-8-26)37(50)34-22-43-48(45-34)30-15-11-28(41)12-16-30;10-6-1-3-7(4-2-6)12-13-8(5-11)9(14)15/h9-20,24,27,33,35,37H,21-23,25-26H2,1-8H3,(H,48,54);7-18,22,25,31,33,35H,6,19-21,23-24H2,1-5H3,(H,44,49);1-5,11-12H,(H,14,15)/b;;11-5?,13-8+/t27-,33-,35-,37+;25-,31+,33+,35-;/m01./s1. The molecule has 28 nitrogen and oxygen atoms in total. The summed E-state index contributed by atoms with van der Waals surface area (Å²) in [5.41, 5.74) is 2.60. The number of hydrazone groups is 1. The monoisotopic (exact) mass is 1750 g/mol. The van der Waals surface area contributed by atoms with Gasteiger partial charge in [-0.15, -0.1) is 10.2 Å². The molecule has 670 valence electrons. The number of nitrogens with zero attached hydrogens (tertiary/aromatic N) is 12. The predicted octanol–water partition coefficient (Wildman–Crippen LogP) is 13.5. The van der Waals surface area contributed by atoms with Crippen molar-refractivity contribution in [3.05, 3.63) is 245 Å². The van der Waals surface area contributed by atoms with E-state index in [2.05, 4.69) is 41.6 Å². The molecule has 2 aliphatic heterocycles. The molecule has 2 saturated heterocycles. The highest BCUT2D eigenvalue weighted by atomic mass is 19.2. The van der Waals surface area contributed by atoms with Crippen molar-refractivity contribution in [3.8, 4) is 22.9 Å². The molecule has 0 aliphatic carbocycles. The minimum atomic E-state index is -1.31. The molecule has 0 radical (unpaired) electrons. The number of aromatic nitrogens is 6. The average Bonchev–Trinajstić information content (AvgIpc) is 1.63. The van der Waals surface area contributed by atoms with Gasteiger partial charge in [0, 0.05) is 52.0 Å². The first kappa shape index (κ1) is 96.5. The Morgan fingerprint density at radius 3 is 1.22 bits per heavy atom. The van der Waals surface area contributed by atoms with Crippen LogP contribution in [0.2, 0.25) is 0 Å². The number of carboxylic acids is 1. The Balaban J connectivity index is 0.000000246. The lowest BCUT2D eigenvalue weighted by Gasteiger charge is -2.38. The van der Waals surface area contributed by atoms with Crippen molar-refractivity contribution < 1.29 is 88.4 Å². The van der Waals surface area contributed by atoms with Crippen molar-refractivity contribution in [2.45, 2.75) is 163 Å². The van der Waals surface area contributed by atoms with E-state index in [-0.39, 0.29) is 80.6 Å². The van der Waals surface area contributed by atoms with E-state index < -0.39 is 135 Å². The summed E-state index contributed by atoms with van der Waals surface area (Å²) < 4.78 is 113. The van der Waals surface area contributed by atoms with Gasteiger partial charge in [-0.05, 0) is 215 Å². The number of ether oxygens (including phenoxy) is 3. The van der Waals surface area contributed by atoms with Crippen molar-refractivity contribution in [2.24, 2.45) is 21.8 Å². The SMILES string of the molecule is CC[C@@H](C)C(=O)N[C@H](C(=O)N1C[C@@H](Oc2ccc(F)cc2)C[C@H]1CN(CCc1ccc(F)cc1)C(=O)c1cnn(-c2ccc(F)cc2)n1)C(C)(C)C.C[C@@H](C(=O)N[C@H](C(=O)N1C[C@@H](Oc2ccc(F)cc2)C[C@H]1CN(CCc1ccc(F)cc1)C(=O)c1cnn(-c2ccc(F)cc2)n1)C(C)(C)C)N(C)C(=O)OC(C)(C)C.N=C/C(=N\Nc1ccc(F)cc1)C(=O)O. The number of hydrogen-bond donors (Lipinski definition) is 5. The van der Waals surface area contributed by atoms with Crippen molar-refractivity contribution in [1.29, 1.82) is 5.41 Å². The molecule has 2 aromatic heterocycles. The van der Waals surface area contributed by atoms with Crippen LogP contribution in [0.25, 0.3) is 11.4 Å². The largest absolute Gasteiger partial charge is 0.489 e. The van der Waals surface area contributed by atoms with E-state index in [1.807, 2.05) is 34.6 Å². The van der Waals surface area contributed by atoms with E-state index in [4.69, 9.17) is 24.7 Å². The van der Waals surface area contributed by atoms with Gasteiger partial charge in [0.2, 0.25) is 23.6 Å². The van der Waals surface area contributed by atoms with Gasteiger partial charge >= 0.3 is 12.1 Å². The number of carbonyl (C=O) groups excluding carboxylic acids is 7. The summed E-state index contributed by atoms with van der Waals surface area (Å²) in [6.07, 6.45) is 3.35. The molecule has 0 unspecified atom stereocenters. The molecule has 2 fully saturated rings. The molecule has 7 amide bonds. The molecule has 2 aliphatic rings. The third-order valence-corrected chi connectivity index (χ3v) is 20.7. The van der Waals surface area contributed by atoms with E-state index >= 15 is 0 Å². The molecule has 11 rings (SSSR count). The topological polar surface area (TPSA) is 334 Å². The second kappa shape index (κ2) is 43.3. The Hall–Kier alpha value is -13.4. The lowest BCUT2D eigenvalue weighted by molar-refractivity contribution is -0.141. The zero-order valence-corrected chi connectivity index (χ0v) is 72.2. The van der Waals surface area contributed by atoms with E-state index in [0.29, 0.717) is 60.5 Å². The number of rotatable bonds is 30. The molecule has 9 aromatic rings. The molecule has 5 N–H and O–H groups in total. The number of likely N-dealkylation sites (tertiary alicyclic amines) is 2. The summed E-state index contributed by atoms with van der Waals surface area (Å²) in [6.45, 7) is 22.1. The van der Waals surface area contributed by atoms with Crippen molar-refractivity contribution in [1.82, 2.24) is 65.1 Å². The fourth-order valence-electron chi connectivity index (χ4n) is 13.4.